The van der Waals surface area contributed by atoms with Crippen LogP contribution in [0.25, 0.3) is 0 Å². The van der Waals surface area contributed by atoms with Crippen LogP contribution < -0.4 is 15.4 Å². The first-order valence-electron chi connectivity index (χ1n) is 8.97. The summed E-state index contributed by atoms with van der Waals surface area (Å²) in [6.07, 6.45) is -0.936. The minimum Gasteiger partial charge on any atom is -0.492 e. The SMILES string of the molecule is CCOc1ccccc1NC(=O)[C@@H](C)OC(=O)Cc1ccc(NC(C)=O)cc1. The van der Waals surface area contributed by atoms with E-state index in [1.54, 1.807) is 48.5 Å². The molecule has 0 fully saturated rings. The largest absolute Gasteiger partial charge is 0.492 e. The van der Waals surface area contributed by atoms with E-state index in [0.717, 1.165) is 0 Å². The first-order valence-corrected chi connectivity index (χ1v) is 8.97. The van der Waals surface area contributed by atoms with Gasteiger partial charge in [-0.15, -0.1) is 0 Å². The van der Waals surface area contributed by atoms with E-state index in [-0.39, 0.29) is 12.3 Å². The van der Waals surface area contributed by atoms with Crippen molar-refractivity contribution in [1.82, 2.24) is 0 Å². The Balaban J connectivity index is 1.89. The molecule has 2 N–H and O–H groups in total. The summed E-state index contributed by atoms with van der Waals surface area (Å²) in [5.41, 5.74) is 1.88. The molecule has 2 aromatic rings. The smallest absolute Gasteiger partial charge is 0.311 e. The summed E-state index contributed by atoms with van der Waals surface area (Å²) in [5.74, 6) is -0.580. The van der Waals surface area contributed by atoms with E-state index in [2.05, 4.69) is 10.6 Å². The van der Waals surface area contributed by atoms with Crippen LogP contribution in [0.15, 0.2) is 48.5 Å². The van der Waals surface area contributed by atoms with Gasteiger partial charge in [0.1, 0.15) is 5.75 Å². The molecule has 148 valence electrons. The Kier molecular flexibility index (Phi) is 7.56. The second kappa shape index (κ2) is 10.1. The summed E-state index contributed by atoms with van der Waals surface area (Å²) in [4.78, 5) is 35.5. The van der Waals surface area contributed by atoms with Gasteiger partial charge >= 0.3 is 5.97 Å². The molecule has 0 unspecified atom stereocenters. The van der Waals surface area contributed by atoms with Crippen LogP contribution >= 0.6 is 0 Å². The number of carbonyl (C=O) groups is 3. The fourth-order valence-corrected chi connectivity index (χ4v) is 2.45. The molecule has 2 amide bonds. The van der Waals surface area contributed by atoms with Crippen LogP contribution in [0, 0.1) is 0 Å². The van der Waals surface area contributed by atoms with Gasteiger partial charge in [-0.3, -0.25) is 14.4 Å². The van der Waals surface area contributed by atoms with Gasteiger partial charge in [0.05, 0.1) is 18.7 Å². The van der Waals surface area contributed by atoms with Gasteiger partial charge in [0.2, 0.25) is 5.91 Å². The lowest BCUT2D eigenvalue weighted by atomic mass is 10.1. The summed E-state index contributed by atoms with van der Waals surface area (Å²) >= 11 is 0. The van der Waals surface area contributed by atoms with E-state index in [1.165, 1.54) is 13.8 Å². The third kappa shape index (κ3) is 6.42. The molecule has 0 aliphatic carbocycles. The average Bonchev–Trinajstić information content (AvgIpc) is 2.64. The van der Waals surface area contributed by atoms with E-state index >= 15 is 0 Å². The number of hydrogen-bond acceptors (Lipinski definition) is 5. The molecule has 0 heterocycles. The van der Waals surface area contributed by atoms with Crippen LogP contribution in [-0.4, -0.2) is 30.5 Å². The number of ether oxygens (including phenoxy) is 2. The fourth-order valence-electron chi connectivity index (χ4n) is 2.45. The van der Waals surface area contributed by atoms with Gasteiger partial charge in [-0.2, -0.15) is 0 Å². The Hall–Kier alpha value is -3.35. The summed E-state index contributed by atoms with van der Waals surface area (Å²) < 4.78 is 10.7. The number of anilines is 2. The Morgan fingerprint density at radius 3 is 2.32 bits per heavy atom. The minimum absolute atomic E-state index is 0.0213. The van der Waals surface area contributed by atoms with Crippen molar-refractivity contribution >= 4 is 29.2 Å². The number of hydrogen-bond donors (Lipinski definition) is 2. The molecule has 28 heavy (non-hydrogen) atoms. The lowest BCUT2D eigenvalue weighted by Gasteiger charge is -2.15. The van der Waals surface area contributed by atoms with Crippen molar-refractivity contribution in [1.29, 1.82) is 0 Å². The van der Waals surface area contributed by atoms with Crippen LogP contribution in [0.4, 0.5) is 11.4 Å². The molecule has 0 radical (unpaired) electrons. The van der Waals surface area contributed by atoms with Gasteiger partial charge in [-0.25, -0.2) is 0 Å². The lowest BCUT2D eigenvalue weighted by Crippen LogP contribution is -2.30. The number of para-hydroxylation sites is 2. The summed E-state index contributed by atoms with van der Waals surface area (Å²) in [6, 6.07) is 13.9. The summed E-state index contributed by atoms with van der Waals surface area (Å²) in [6.45, 7) is 5.25. The van der Waals surface area contributed by atoms with Gasteiger partial charge in [-0.1, -0.05) is 24.3 Å². The molecule has 2 rings (SSSR count). The molecule has 0 spiro atoms. The highest BCUT2D eigenvalue weighted by molar-refractivity contribution is 5.96. The molecule has 2 aromatic carbocycles. The molecule has 7 nitrogen and oxygen atoms in total. The van der Waals surface area contributed by atoms with E-state index < -0.39 is 18.0 Å². The van der Waals surface area contributed by atoms with Crippen molar-refractivity contribution in [2.24, 2.45) is 0 Å². The standard InChI is InChI=1S/C21H24N2O5/c1-4-27-19-8-6-5-7-18(19)23-21(26)14(2)28-20(25)13-16-9-11-17(12-10-16)22-15(3)24/h5-12,14H,4,13H2,1-3H3,(H,22,24)(H,23,26)/t14-/m1/s1. The molecule has 0 saturated heterocycles. The van der Waals surface area contributed by atoms with Crippen molar-refractivity contribution in [3.63, 3.8) is 0 Å². The number of benzene rings is 2. The quantitative estimate of drug-likeness (QED) is 0.682. The molecule has 7 heteroatoms. The number of amides is 2. The highest BCUT2D eigenvalue weighted by Gasteiger charge is 2.19. The van der Waals surface area contributed by atoms with Crippen molar-refractivity contribution in [3.8, 4) is 5.75 Å². The molecular weight excluding hydrogens is 360 g/mol. The van der Waals surface area contributed by atoms with Crippen LogP contribution in [0.2, 0.25) is 0 Å². The first-order chi connectivity index (χ1) is 13.4. The Morgan fingerprint density at radius 2 is 1.68 bits per heavy atom. The highest BCUT2D eigenvalue weighted by Crippen LogP contribution is 2.24. The monoisotopic (exact) mass is 384 g/mol. The number of nitrogens with one attached hydrogen (secondary N) is 2. The van der Waals surface area contributed by atoms with E-state index in [4.69, 9.17) is 9.47 Å². The predicted octanol–water partition coefficient (Wildman–Crippen LogP) is 3.16. The molecule has 0 aliphatic heterocycles. The summed E-state index contributed by atoms with van der Waals surface area (Å²) in [5, 5.41) is 5.36. The second-order valence-electron chi connectivity index (χ2n) is 6.11. The molecule has 0 aromatic heterocycles. The molecule has 0 saturated carbocycles. The van der Waals surface area contributed by atoms with Gasteiger partial charge in [0.25, 0.3) is 5.91 Å². The van der Waals surface area contributed by atoms with Gasteiger partial charge in [0, 0.05) is 12.6 Å². The van der Waals surface area contributed by atoms with Crippen LogP contribution in [0.5, 0.6) is 5.75 Å². The Morgan fingerprint density at radius 1 is 1.00 bits per heavy atom. The molecule has 0 aliphatic rings. The normalized spacial score (nSPS) is 11.2. The van der Waals surface area contributed by atoms with Crippen LogP contribution in [0.3, 0.4) is 0 Å². The maximum Gasteiger partial charge on any atom is 0.311 e. The molecular formula is C21H24N2O5. The Bertz CT molecular complexity index is 833. The van der Waals surface area contributed by atoms with Crippen LogP contribution in [-0.2, 0) is 25.5 Å². The molecule has 1 atom stereocenters. The van der Waals surface area contributed by atoms with Gasteiger partial charge < -0.3 is 20.1 Å². The number of rotatable bonds is 8. The van der Waals surface area contributed by atoms with E-state index in [9.17, 15) is 14.4 Å². The van der Waals surface area contributed by atoms with Crippen molar-refractivity contribution in [3.05, 3.63) is 54.1 Å². The van der Waals surface area contributed by atoms with Gasteiger partial charge in [-0.05, 0) is 43.7 Å². The molecule has 0 bridgehead atoms. The van der Waals surface area contributed by atoms with Gasteiger partial charge in [0.15, 0.2) is 6.10 Å². The number of esters is 1. The Labute approximate surface area is 164 Å². The number of carbonyl (C=O) groups excluding carboxylic acids is 3. The third-order valence-electron chi connectivity index (χ3n) is 3.74. The maximum atomic E-state index is 12.3. The van der Waals surface area contributed by atoms with Crippen molar-refractivity contribution < 1.29 is 23.9 Å². The third-order valence-corrected chi connectivity index (χ3v) is 3.74. The first kappa shape index (κ1) is 21.0. The topological polar surface area (TPSA) is 93.7 Å². The predicted molar refractivity (Wildman–Crippen MR) is 106 cm³/mol. The van der Waals surface area contributed by atoms with E-state index in [1.807, 2.05) is 6.92 Å². The lowest BCUT2D eigenvalue weighted by molar-refractivity contribution is -0.152. The van der Waals surface area contributed by atoms with Crippen molar-refractivity contribution in [2.45, 2.75) is 33.3 Å². The van der Waals surface area contributed by atoms with Crippen molar-refractivity contribution in [2.75, 3.05) is 17.2 Å². The maximum absolute atomic E-state index is 12.3. The average molecular weight is 384 g/mol. The zero-order chi connectivity index (χ0) is 20.5. The zero-order valence-corrected chi connectivity index (χ0v) is 16.2. The summed E-state index contributed by atoms with van der Waals surface area (Å²) in [7, 11) is 0. The van der Waals surface area contributed by atoms with E-state index in [0.29, 0.717) is 29.3 Å². The zero-order valence-electron chi connectivity index (χ0n) is 16.2. The second-order valence-corrected chi connectivity index (χ2v) is 6.11. The minimum atomic E-state index is -0.958. The van der Waals surface area contributed by atoms with Crippen LogP contribution in [0.1, 0.15) is 26.3 Å². The highest BCUT2D eigenvalue weighted by atomic mass is 16.5. The fraction of sp³-hybridized carbons (Fsp3) is 0.286.